The fraction of sp³-hybridized carbons (Fsp3) is 0.480. The Morgan fingerprint density at radius 2 is 1.39 bits per heavy atom. The van der Waals surface area contributed by atoms with E-state index in [0.29, 0.717) is 11.8 Å². The predicted molar refractivity (Wildman–Crippen MR) is 143 cm³/mol. The Morgan fingerprint density at radius 1 is 0.909 bits per heavy atom. The third-order valence-electron chi connectivity index (χ3n) is 5.08. The molecule has 0 aromatic heterocycles. The molecule has 0 spiro atoms. The number of para-hydroxylation sites is 1. The second-order valence-corrected chi connectivity index (χ2v) is 15.9. The molecule has 0 unspecified atom stereocenters. The summed E-state index contributed by atoms with van der Waals surface area (Å²) in [5, 5.41) is 1.84. The van der Waals surface area contributed by atoms with Crippen molar-refractivity contribution in [3.05, 3.63) is 70.6 Å². The van der Waals surface area contributed by atoms with Crippen LogP contribution < -0.4 is 0 Å². The summed E-state index contributed by atoms with van der Waals surface area (Å²) >= 11 is -1.92. The maximum absolute atomic E-state index is 5.09. The standard InChI is InChI=1S/C21H28N3.C4H8O.3ClH.Ti/c1-15(2)18-13-10-14-19(16(3)4)20(18)23-21(24(6)22-5)17-11-8-7-9-12-17;1-2-4-5-3-1;;;;/h7-16H,1-6H3;1-4H2;3*1H;/q-1;;;;;+4/p-2. The van der Waals surface area contributed by atoms with Crippen LogP contribution in [0.5, 0.6) is 0 Å². The molecule has 0 saturated carbocycles. The van der Waals surface area contributed by atoms with Crippen LogP contribution in [0.4, 0.5) is 5.69 Å². The third-order valence-corrected chi connectivity index (χ3v) is 5.08. The summed E-state index contributed by atoms with van der Waals surface area (Å²) in [7, 11) is 18.6. The molecule has 1 fully saturated rings. The Hall–Kier alpha value is -0.586. The minimum atomic E-state index is -1.92. The molecular weight excluding hydrogens is 513 g/mol. The molecule has 0 radical (unpaired) electrons. The van der Waals surface area contributed by atoms with E-state index in [1.807, 2.05) is 30.3 Å². The minimum absolute atomic E-state index is 0.420. The van der Waals surface area contributed by atoms with E-state index in [0.717, 1.165) is 30.3 Å². The average Bonchev–Trinajstić information content (AvgIpc) is 3.37. The molecule has 2 aromatic carbocycles. The number of rotatable bonds is 5. The van der Waals surface area contributed by atoms with Gasteiger partial charge in [-0.3, -0.25) is 0 Å². The SMILES string of the molecule is C1CC[OH+]C1.C[N-]N(C)C(=Nc1c(C(C)C)cccc1C(C)C)c1ccccc1.[Cl][Ti+]([Cl])[Cl]. The van der Waals surface area contributed by atoms with Gasteiger partial charge in [0.1, 0.15) is 19.0 Å². The quantitative estimate of drug-likeness (QED) is 0.122. The van der Waals surface area contributed by atoms with Crippen LogP contribution in [0, 0.1) is 0 Å². The van der Waals surface area contributed by atoms with E-state index in [9.17, 15) is 0 Å². The first-order valence-corrected chi connectivity index (χ1v) is 17.7. The molecule has 2 aromatic rings. The molecule has 0 bridgehead atoms. The number of halogens is 3. The van der Waals surface area contributed by atoms with E-state index in [-0.39, 0.29) is 0 Å². The Labute approximate surface area is 218 Å². The molecular formula is C25H37Cl3N3OTi+. The first-order valence-electron chi connectivity index (χ1n) is 11.3. The van der Waals surface area contributed by atoms with E-state index in [4.69, 9.17) is 32.9 Å². The number of aliphatic imine (C=N–C) groups is 1. The van der Waals surface area contributed by atoms with E-state index < -0.39 is 14.7 Å². The van der Waals surface area contributed by atoms with Gasteiger partial charge in [-0.1, -0.05) is 76.2 Å². The molecule has 1 aliphatic heterocycles. The molecule has 8 heteroatoms. The summed E-state index contributed by atoms with van der Waals surface area (Å²) in [5.74, 6) is 1.71. The van der Waals surface area contributed by atoms with Crippen LogP contribution in [0.1, 0.15) is 69.1 Å². The summed E-state index contributed by atoms with van der Waals surface area (Å²) in [6.45, 7) is 11.1. The number of benzene rings is 2. The van der Waals surface area contributed by atoms with Crippen molar-refractivity contribution in [3.63, 3.8) is 0 Å². The van der Waals surface area contributed by atoms with E-state index in [1.54, 1.807) is 7.05 Å². The number of amidine groups is 1. The molecule has 0 atom stereocenters. The summed E-state index contributed by atoms with van der Waals surface area (Å²) in [5.41, 5.74) is 9.02. The average molecular weight is 550 g/mol. The summed E-state index contributed by atoms with van der Waals surface area (Å²) in [6.07, 6.45) is 2.67. The monoisotopic (exact) mass is 548 g/mol. The first-order chi connectivity index (χ1) is 15.7. The van der Waals surface area contributed by atoms with Gasteiger partial charge in [0.15, 0.2) is 0 Å². The molecule has 1 heterocycles. The van der Waals surface area contributed by atoms with Crippen LogP contribution in [-0.2, 0) is 14.7 Å². The normalized spacial score (nSPS) is 13.2. The van der Waals surface area contributed by atoms with Gasteiger partial charge in [0, 0.05) is 18.4 Å². The first kappa shape index (κ1) is 30.4. The molecule has 1 aliphatic rings. The molecule has 33 heavy (non-hydrogen) atoms. The van der Waals surface area contributed by atoms with Gasteiger partial charge < -0.3 is 15.2 Å². The zero-order chi connectivity index (χ0) is 24.8. The number of hydrogen-bond donors (Lipinski definition) is 0. The van der Waals surface area contributed by atoms with Gasteiger partial charge in [-0.05, 0) is 30.0 Å². The maximum atomic E-state index is 5.09. The molecule has 0 amide bonds. The zero-order valence-corrected chi connectivity index (χ0v) is 24.4. The number of hydrogen-bond acceptors (Lipinski definition) is 1. The van der Waals surface area contributed by atoms with E-state index in [1.165, 1.54) is 24.0 Å². The number of aliphatic hydroxyl groups is 2. The van der Waals surface area contributed by atoms with Crippen LogP contribution >= 0.6 is 27.9 Å². The van der Waals surface area contributed by atoms with Crippen molar-refractivity contribution in [2.45, 2.75) is 52.4 Å². The summed E-state index contributed by atoms with van der Waals surface area (Å²) in [6, 6.07) is 16.7. The van der Waals surface area contributed by atoms with Crippen LogP contribution in [0.25, 0.3) is 5.43 Å². The summed E-state index contributed by atoms with van der Waals surface area (Å²) in [4.78, 5) is 5.09. The second kappa shape index (κ2) is 16.9. The predicted octanol–water partition coefficient (Wildman–Crippen LogP) is 8.24. The van der Waals surface area contributed by atoms with Crippen molar-refractivity contribution in [3.8, 4) is 0 Å². The van der Waals surface area contributed by atoms with E-state index in [2.05, 4.69) is 68.2 Å². The third kappa shape index (κ3) is 11.6. The van der Waals surface area contributed by atoms with Crippen molar-refractivity contribution < 1.29 is 19.4 Å². The Balaban J connectivity index is 0.000000505. The van der Waals surface area contributed by atoms with Crippen LogP contribution in [0.15, 0.2) is 53.5 Å². The van der Waals surface area contributed by atoms with Gasteiger partial charge in [-0.2, -0.15) is 0 Å². The topological polar surface area (TPSA) is 42.5 Å². The molecule has 1 saturated heterocycles. The Kier molecular flexibility index (Phi) is 15.6. The fourth-order valence-electron chi connectivity index (χ4n) is 3.31. The van der Waals surface area contributed by atoms with Gasteiger partial charge in [-0.15, -0.1) is 7.05 Å². The van der Waals surface area contributed by atoms with Crippen molar-refractivity contribution in [2.24, 2.45) is 4.99 Å². The van der Waals surface area contributed by atoms with Gasteiger partial charge in [0.25, 0.3) is 0 Å². The van der Waals surface area contributed by atoms with E-state index >= 15 is 0 Å². The van der Waals surface area contributed by atoms with Crippen molar-refractivity contribution in [2.75, 3.05) is 27.3 Å². The van der Waals surface area contributed by atoms with Crippen molar-refractivity contribution in [1.29, 1.82) is 0 Å². The Morgan fingerprint density at radius 3 is 1.76 bits per heavy atom. The fourth-order valence-corrected chi connectivity index (χ4v) is 3.31. The molecule has 1 N–H and O–H groups in total. The van der Waals surface area contributed by atoms with Crippen LogP contribution in [0.3, 0.4) is 0 Å². The number of ether oxygens (including phenoxy) is 1. The summed E-state index contributed by atoms with van der Waals surface area (Å²) < 4.78 is 4.08. The Bertz CT molecular complexity index is 792. The van der Waals surface area contributed by atoms with Gasteiger partial charge in [-0.25, -0.2) is 4.99 Å². The number of nitrogens with zero attached hydrogens (tertiary/aromatic N) is 3. The van der Waals surface area contributed by atoms with Crippen LogP contribution in [-0.4, -0.2) is 42.9 Å². The molecule has 3 rings (SSSR count). The van der Waals surface area contributed by atoms with Gasteiger partial charge in [0.2, 0.25) is 0 Å². The van der Waals surface area contributed by atoms with Crippen molar-refractivity contribution in [1.82, 2.24) is 5.01 Å². The molecule has 4 nitrogen and oxygen atoms in total. The van der Waals surface area contributed by atoms with Crippen molar-refractivity contribution >= 4 is 39.4 Å². The molecule has 182 valence electrons. The van der Waals surface area contributed by atoms with Gasteiger partial charge in [0.05, 0.1) is 5.69 Å². The second-order valence-electron chi connectivity index (χ2n) is 8.21. The molecule has 0 aliphatic carbocycles. The van der Waals surface area contributed by atoms with Gasteiger partial charge >= 0.3 is 42.6 Å². The van der Waals surface area contributed by atoms with Crippen LogP contribution in [0.2, 0.25) is 0 Å². The zero-order valence-electron chi connectivity index (χ0n) is 20.5.